The molecule has 1 aromatic heterocycles. The number of benzene rings is 8. The minimum atomic E-state index is -0.242. The Kier molecular flexibility index (Phi) is 11.6. The van der Waals surface area contributed by atoms with Crippen molar-refractivity contribution in [2.24, 2.45) is 5.73 Å². The second kappa shape index (κ2) is 17.4. The van der Waals surface area contributed by atoms with Gasteiger partial charge in [0.15, 0.2) is 0 Å². The lowest BCUT2D eigenvalue weighted by molar-refractivity contribution is 0.552. The molecule has 1 heterocycles. The summed E-state index contributed by atoms with van der Waals surface area (Å²) in [6, 6.07) is 68.2. The summed E-state index contributed by atoms with van der Waals surface area (Å²) in [5, 5.41) is 15.0. The normalized spacial score (nSPS) is 11.3. The maximum atomic E-state index is 6.50. The van der Waals surface area contributed by atoms with Gasteiger partial charge in [0.25, 0.3) is 0 Å². The molecule has 0 fully saturated rings. The standard InChI is InChI=1S/C43H33N3.C7H8.CH3N/c44-43(31-13-5-2-6-14-31)45-28-29-23-36(30-11-3-1-4-12-30)27-37(24-29)34-20-19-33-26-35(22-21-32(33)25-34)42-40-17-8-7-15-38(40)39-16-9-10-18-41(39)46-42;1-7-5-3-2-4-6-7;1-2/h1-27,43,45H,28,44H2;2-6H,1H3;2H,1H2. The molecule has 55 heavy (non-hydrogen) atoms. The quantitative estimate of drug-likeness (QED) is 0.0875. The van der Waals surface area contributed by atoms with E-state index >= 15 is 0 Å². The number of pyridine rings is 1. The number of hydrogen-bond donors (Lipinski definition) is 3. The highest BCUT2D eigenvalue weighted by Crippen LogP contribution is 2.35. The summed E-state index contributed by atoms with van der Waals surface area (Å²) in [7, 11) is 0. The van der Waals surface area contributed by atoms with Crippen LogP contribution < -0.4 is 11.1 Å². The minimum Gasteiger partial charge on any atom is -0.317 e. The van der Waals surface area contributed by atoms with Gasteiger partial charge in [-0.1, -0.05) is 163 Å². The van der Waals surface area contributed by atoms with Gasteiger partial charge >= 0.3 is 0 Å². The Hall–Kier alpha value is -6.72. The lowest BCUT2D eigenvalue weighted by atomic mass is 9.93. The first-order valence-corrected chi connectivity index (χ1v) is 18.5. The molecular formula is C51H44N4. The summed E-state index contributed by atoms with van der Waals surface area (Å²) < 4.78 is 0. The van der Waals surface area contributed by atoms with Crippen LogP contribution in [0.2, 0.25) is 0 Å². The van der Waals surface area contributed by atoms with Crippen molar-refractivity contribution in [2.45, 2.75) is 19.6 Å². The van der Waals surface area contributed by atoms with Crippen LogP contribution in [-0.2, 0) is 6.54 Å². The van der Waals surface area contributed by atoms with Gasteiger partial charge in [0.05, 0.1) is 17.4 Å². The van der Waals surface area contributed by atoms with Crippen LogP contribution in [-0.4, -0.2) is 11.7 Å². The van der Waals surface area contributed by atoms with Crippen LogP contribution in [0.3, 0.4) is 0 Å². The summed E-state index contributed by atoms with van der Waals surface area (Å²) in [6.45, 7) is 5.24. The van der Waals surface area contributed by atoms with Crippen molar-refractivity contribution in [1.82, 2.24) is 10.3 Å². The maximum absolute atomic E-state index is 6.50. The van der Waals surface area contributed by atoms with Crippen molar-refractivity contribution in [1.29, 1.82) is 5.41 Å². The summed E-state index contributed by atoms with van der Waals surface area (Å²) in [5.74, 6) is 0. The summed E-state index contributed by atoms with van der Waals surface area (Å²) in [6.07, 6.45) is -0.242. The van der Waals surface area contributed by atoms with Gasteiger partial charge < -0.3 is 11.1 Å². The smallest absolute Gasteiger partial charge is 0.0812 e. The highest BCUT2D eigenvalue weighted by atomic mass is 15.0. The van der Waals surface area contributed by atoms with E-state index in [1.54, 1.807) is 0 Å². The molecule has 0 aliphatic heterocycles. The fourth-order valence-electron chi connectivity index (χ4n) is 7.00. The Morgan fingerprint density at radius 3 is 1.69 bits per heavy atom. The molecule has 4 N–H and O–H groups in total. The third-order valence-electron chi connectivity index (χ3n) is 9.78. The number of nitrogens with one attached hydrogen (secondary N) is 2. The lowest BCUT2D eigenvalue weighted by Crippen LogP contribution is -2.28. The highest BCUT2D eigenvalue weighted by Gasteiger charge is 2.12. The third-order valence-corrected chi connectivity index (χ3v) is 9.78. The molecule has 0 aliphatic rings. The fraction of sp³-hybridized carbons (Fsp3) is 0.0588. The molecule has 0 saturated carbocycles. The van der Waals surface area contributed by atoms with Crippen LogP contribution in [0, 0.1) is 12.3 Å². The molecule has 0 saturated heterocycles. The van der Waals surface area contributed by atoms with E-state index in [9.17, 15) is 0 Å². The first-order chi connectivity index (χ1) is 27.1. The molecule has 1 atom stereocenters. The Bertz CT molecular complexity index is 2660. The number of nitrogens with two attached hydrogens (primary N) is 1. The molecule has 4 heteroatoms. The van der Waals surface area contributed by atoms with Crippen molar-refractivity contribution >= 4 is 39.2 Å². The van der Waals surface area contributed by atoms with Crippen LogP contribution in [0.25, 0.3) is 66.0 Å². The monoisotopic (exact) mass is 712 g/mol. The molecule has 8 aromatic carbocycles. The molecule has 0 bridgehead atoms. The van der Waals surface area contributed by atoms with Gasteiger partial charge in [-0.2, -0.15) is 0 Å². The molecule has 268 valence electrons. The lowest BCUT2D eigenvalue weighted by Gasteiger charge is -2.16. The van der Waals surface area contributed by atoms with Crippen molar-refractivity contribution in [3.63, 3.8) is 0 Å². The van der Waals surface area contributed by atoms with Gasteiger partial charge in [-0.25, -0.2) is 4.98 Å². The third kappa shape index (κ3) is 8.58. The Morgan fingerprint density at radius 2 is 1.04 bits per heavy atom. The zero-order valence-electron chi connectivity index (χ0n) is 31.0. The van der Waals surface area contributed by atoms with E-state index in [2.05, 4.69) is 177 Å². The molecule has 0 spiro atoms. The van der Waals surface area contributed by atoms with Crippen molar-refractivity contribution in [2.75, 3.05) is 0 Å². The molecular weight excluding hydrogens is 669 g/mol. The molecule has 9 aromatic rings. The zero-order valence-corrected chi connectivity index (χ0v) is 31.0. The largest absolute Gasteiger partial charge is 0.317 e. The van der Waals surface area contributed by atoms with E-state index in [4.69, 9.17) is 16.1 Å². The second-order valence-electron chi connectivity index (χ2n) is 13.5. The van der Waals surface area contributed by atoms with Crippen LogP contribution in [0.4, 0.5) is 0 Å². The maximum Gasteiger partial charge on any atom is 0.0812 e. The predicted molar refractivity (Wildman–Crippen MR) is 234 cm³/mol. The molecule has 4 nitrogen and oxygen atoms in total. The Labute approximate surface area is 323 Å². The molecule has 0 aliphatic carbocycles. The van der Waals surface area contributed by atoms with E-state index in [1.165, 1.54) is 60.3 Å². The number of rotatable bonds is 7. The molecule has 0 radical (unpaired) electrons. The fourth-order valence-corrected chi connectivity index (χ4v) is 7.00. The minimum absolute atomic E-state index is 0.242. The topological polar surface area (TPSA) is 74.8 Å². The van der Waals surface area contributed by atoms with E-state index < -0.39 is 0 Å². The Balaban J connectivity index is 0.000000462. The zero-order chi connectivity index (χ0) is 38.0. The van der Waals surface area contributed by atoms with E-state index in [0.29, 0.717) is 6.54 Å². The van der Waals surface area contributed by atoms with Crippen molar-refractivity contribution in [3.8, 4) is 33.5 Å². The first kappa shape index (κ1) is 36.6. The average Bonchev–Trinajstić information content (AvgIpc) is 3.26. The average molecular weight is 713 g/mol. The first-order valence-electron chi connectivity index (χ1n) is 18.5. The van der Waals surface area contributed by atoms with Crippen LogP contribution >= 0.6 is 0 Å². The number of fused-ring (bicyclic) bond motifs is 4. The van der Waals surface area contributed by atoms with E-state index in [-0.39, 0.29) is 6.17 Å². The van der Waals surface area contributed by atoms with Gasteiger partial charge in [-0.15, -0.1) is 0 Å². The van der Waals surface area contributed by atoms with Gasteiger partial charge in [0.2, 0.25) is 0 Å². The van der Waals surface area contributed by atoms with E-state index in [1.807, 2.05) is 36.4 Å². The predicted octanol–water partition coefficient (Wildman–Crippen LogP) is 12.6. The summed E-state index contributed by atoms with van der Waals surface area (Å²) in [4.78, 5) is 5.13. The molecule has 1 unspecified atom stereocenters. The number of para-hydroxylation sites is 1. The SMILES string of the molecule is C=N.Cc1ccccc1.NC(NCc1cc(-c2ccccc2)cc(-c2ccc3cc(-c4nc5ccccc5c5ccccc45)ccc3c2)c1)c1ccccc1. The van der Waals surface area contributed by atoms with E-state index in [0.717, 1.165) is 22.3 Å². The Morgan fingerprint density at radius 1 is 0.509 bits per heavy atom. The van der Waals surface area contributed by atoms with Crippen LogP contribution in [0.5, 0.6) is 0 Å². The number of hydrogen-bond acceptors (Lipinski definition) is 4. The number of aromatic nitrogens is 1. The molecule has 9 rings (SSSR count). The van der Waals surface area contributed by atoms with Crippen LogP contribution in [0.1, 0.15) is 22.9 Å². The highest BCUT2D eigenvalue weighted by molar-refractivity contribution is 6.11. The van der Waals surface area contributed by atoms with Gasteiger partial charge in [-0.3, -0.25) is 5.32 Å². The van der Waals surface area contributed by atoms with Gasteiger partial charge in [0.1, 0.15) is 0 Å². The summed E-state index contributed by atoms with van der Waals surface area (Å²) >= 11 is 0. The van der Waals surface area contributed by atoms with Crippen molar-refractivity contribution in [3.05, 3.63) is 211 Å². The van der Waals surface area contributed by atoms with Crippen molar-refractivity contribution < 1.29 is 0 Å². The van der Waals surface area contributed by atoms with Gasteiger partial charge in [0, 0.05) is 22.9 Å². The molecule has 0 amide bonds. The van der Waals surface area contributed by atoms with Crippen LogP contribution in [0.15, 0.2) is 194 Å². The number of aryl methyl sites for hydroxylation is 1. The summed E-state index contributed by atoms with van der Waals surface area (Å²) in [5.41, 5.74) is 18.0. The van der Waals surface area contributed by atoms with Gasteiger partial charge in [-0.05, 0) is 99.6 Å². The second-order valence-corrected chi connectivity index (χ2v) is 13.5. The number of nitrogens with zero attached hydrogens (tertiary/aromatic N) is 1.